The highest BCUT2D eigenvalue weighted by molar-refractivity contribution is 5.87. The van der Waals surface area contributed by atoms with Crippen molar-refractivity contribution in [2.45, 2.75) is 45.1 Å². The molecule has 1 amide bonds. The lowest BCUT2D eigenvalue weighted by molar-refractivity contribution is -0.120. The van der Waals surface area contributed by atoms with E-state index in [4.69, 9.17) is 5.11 Å². The average Bonchev–Trinajstić information content (AvgIpc) is 2.86. The van der Waals surface area contributed by atoms with Crippen molar-refractivity contribution in [1.29, 1.82) is 0 Å². The Hall–Kier alpha value is -3.72. The average molecular weight is 493 g/mol. The maximum atomic E-state index is 12.4. The van der Waals surface area contributed by atoms with Gasteiger partial charge in [0, 0.05) is 24.7 Å². The summed E-state index contributed by atoms with van der Waals surface area (Å²) in [5.74, 6) is -1.11. The molecule has 3 aromatic rings. The van der Waals surface area contributed by atoms with Crippen molar-refractivity contribution < 1.29 is 30.0 Å². The van der Waals surface area contributed by atoms with E-state index in [-0.39, 0.29) is 36.3 Å². The highest BCUT2D eigenvalue weighted by Gasteiger charge is 2.13. The Kier molecular flexibility index (Phi) is 9.58. The second-order valence-electron chi connectivity index (χ2n) is 8.85. The van der Waals surface area contributed by atoms with Crippen LogP contribution >= 0.6 is 0 Å². The second kappa shape index (κ2) is 12.8. The Balaban J connectivity index is 1.47. The lowest BCUT2D eigenvalue weighted by atomic mass is 10.0. The third kappa shape index (κ3) is 7.91. The standard InChI is InChI=1S/C28H32N2O6/c1-18(29-16-26(33)23-9-10-25(32)24(14-23)17-31)11-20-3-2-4-21(12-20)13-27(34)30-15-19-5-7-22(8-6-19)28(35)36/h2-10,12,14,18,26,29,31-33H,11,13,15-17H2,1H3,(H,30,34)(H,35,36)/t18-,26-/m1/s1. The number of rotatable bonds is 12. The SMILES string of the molecule is C[C@H](Cc1cccc(CC(=O)NCc2ccc(C(=O)O)cc2)c1)NC[C@@H](O)c1ccc(O)c(CO)c1. The van der Waals surface area contributed by atoms with Crippen LogP contribution in [-0.4, -0.2) is 44.9 Å². The molecule has 0 heterocycles. The Morgan fingerprint density at radius 2 is 1.67 bits per heavy atom. The molecule has 0 unspecified atom stereocenters. The van der Waals surface area contributed by atoms with Crippen molar-refractivity contribution in [1.82, 2.24) is 10.6 Å². The molecule has 190 valence electrons. The van der Waals surface area contributed by atoms with Gasteiger partial charge >= 0.3 is 5.97 Å². The molecule has 0 aromatic heterocycles. The molecular formula is C28H32N2O6. The molecular weight excluding hydrogens is 460 g/mol. The molecule has 8 heteroatoms. The van der Waals surface area contributed by atoms with E-state index in [0.29, 0.717) is 30.6 Å². The van der Waals surface area contributed by atoms with E-state index in [9.17, 15) is 24.9 Å². The lowest BCUT2D eigenvalue weighted by Crippen LogP contribution is -2.32. The van der Waals surface area contributed by atoms with E-state index in [1.54, 1.807) is 24.3 Å². The number of benzene rings is 3. The van der Waals surface area contributed by atoms with Crippen molar-refractivity contribution in [3.05, 3.63) is 100 Å². The molecule has 2 atom stereocenters. The van der Waals surface area contributed by atoms with E-state index in [1.807, 2.05) is 31.2 Å². The van der Waals surface area contributed by atoms with Crippen molar-refractivity contribution in [3.8, 4) is 5.75 Å². The van der Waals surface area contributed by atoms with Gasteiger partial charge in [0.05, 0.1) is 24.7 Å². The first-order valence-corrected chi connectivity index (χ1v) is 11.8. The molecule has 0 saturated carbocycles. The van der Waals surface area contributed by atoms with Gasteiger partial charge < -0.3 is 31.1 Å². The molecule has 0 fully saturated rings. The number of aromatic hydroxyl groups is 1. The number of carboxylic acid groups (broad SMARTS) is 1. The lowest BCUT2D eigenvalue weighted by Gasteiger charge is -2.18. The van der Waals surface area contributed by atoms with Crippen LogP contribution in [0.15, 0.2) is 66.7 Å². The van der Waals surface area contributed by atoms with E-state index in [1.165, 1.54) is 18.2 Å². The summed E-state index contributed by atoms with van der Waals surface area (Å²) in [6, 6.07) is 18.9. The van der Waals surface area contributed by atoms with Crippen LogP contribution in [0.25, 0.3) is 0 Å². The summed E-state index contributed by atoms with van der Waals surface area (Å²) in [6.07, 6.45) is 0.152. The quantitative estimate of drug-likeness (QED) is 0.229. The summed E-state index contributed by atoms with van der Waals surface area (Å²) < 4.78 is 0. The first-order chi connectivity index (χ1) is 17.2. The number of hydrogen-bond donors (Lipinski definition) is 6. The number of nitrogens with one attached hydrogen (secondary N) is 2. The number of carboxylic acids is 1. The molecule has 0 aliphatic carbocycles. The summed E-state index contributed by atoms with van der Waals surface area (Å²) in [5.41, 5.74) is 3.96. The van der Waals surface area contributed by atoms with E-state index in [0.717, 1.165) is 16.7 Å². The predicted octanol–water partition coefficient (Wildman–Crippen LogP) is 2.70. The van der Waals surface area contributed by atoms with Crippen LogP contribution in [0.3, 0.4) is 0 Å². The van der Waals surface area contributed by atoms with E-state index in [2.05, 4.69) is 10.6 Å². The number of aromatic carboxylic acids is 1. The van der Waals surface area contributed by atoms with Gasteiger partial charge in [-0.1, -0.05) is 42.5 Å². The molecule has 0 aliphatic heterocycles. The van der Waals surface area contributed by atoms with Gasteiger partial charge in [-0.25, -0.2) is 4.79 Å². The first kappa shape index (κ1) is 26.9. The van der Waals surface area contributed by atoms with Crippen molar-refractivity contribution in [3.63, 3.8) is 0 Å². The van der Waals surface area contributed by atoms with Gasteiger partial charge in [0.2, 0.25) is 5.91 Å². The Morgan fingerprint density at radius 1 is 0.944 bits per heavy atom. The summed E-state index contributed by atoms with van der Waals surface area (Å²) >= 11 is 0. The summed E-state index contributed by atoms with van der Waals surface area (Å²) in [6.45, 7) is 2.34. The number of carbonyl (C=O) groups excluding carboxylic acids is 1. The predicted molar refractivity (Wildman–Crippen MR) is 136 cm³/mol. The smallest absolute Gasteiger partial charge is 0.335 e. The number of amides is 1. The molecule has 0 aliphatic rings. The fourth-order valence-electron chi connectivity index (χ4n) is 3.88. The number of aliphatic hydroxyl groups excluding tert-OH is 2. The Morgan fingerprint density at radius 3 is 2.36 bits per heavy atom. The maximum absolute atomic E-state index is 12.4. The molecule has 8 nitrogen and oxygen atoms in total. The number of phenols is 1. The number of aliphatic hydroxyl groups is 2. The molecule has 36 heavy (non-hydrogen) atoms. The Labute approximate surface area is 210 Å². The topological polar surface area (TPSA) is 139 Å². The molecule has 0 radical (unpaired) electrons. The van der Waals surface area contributed by atoms with Gasteiger partial charge in [-0.05, 0) is 59.9 Å². The molecule has 3 rings (SSSR count). The zero-order chi connectivity index (χ0) is 26.1. The van der Waals surface area contributed by atoms with Gasteiger partial charge in [-0.15, -0.1) is 0 Å². The third-order valence-electron chi connectivity index (χ3n) is 5.91. The van der Waals surface area contributed by atoms with Gasteiger partial charge in [0.25, 0.3) is 0 Å². The van der Waals surface area contributed by atoms with Crippen molar-refractivity contribution in [2.75, 3.05) is 6.54 Å². The zero-order valence-electron chi connectivity index (χ0n) is 20.1. The molecule has 0 saturated heterocycles. The van der Waals surface area contributed by atoms with Crippen molar-refractivity contribution in [2.24, 2.45) is 0 Å². The van der Waals surface area contributed by atoms with Gasteiger partial charge in [-0.2, -0.15) is 0 Å². The second-order valence-corrected chi connectivity index (χ2v) is 8.85. The largest absolute Gasteiger partial charge is 0.508 e. The van der Waals surface area contributed by atoms with Crippen LogP contribution in [-0.2, 0) is 30.8 Å². The maximum Gasteiger partial charge on any atom is 0.335 e. The Bertz CT molecular complexity index is 1180. The van der Waals surface area contributed by atoms with Gasteiger partial charge in [0.1, 0.15) is 5.75 Å². The van der Waals surface area contributed by atoms with Crippen molar-refractivity contribution >= 4 is 11.9 Å². The summed E-state index contributed by atoms with van der Waals surface area (Å²) in [4.78, 5) is 23.3. The van der Waals surface area contributed by atoms with Crippen LogP contribution in [0.5, 0.6) is 5.75 Å². The first-order valence-electron chi connectivity index (χ1n) is 11.8. The molecule has 6 N–H and O–H groups in total. The van der Waals surface area contributed by atoms with Gasteiger partial charge in [-0.3, -0.25) is 4.79 Å². The third-order valence-corrected chi connectivity index (χ3v) is 5.91. The minimum atomic E-state index is -0.986. The highest BCUT2D eigenvalue weighted by Crippen LogP contribution is 2.22. The van der Waals surface area contributed by atoms with Crippen LogP contribution < -0.4 is 10.6 Å². The monoisotopic (exact) mass is 492 g/mol. The molecule has 3 aromatic carbocycles. The minimum absolute atomic E-state index is 0.00210. The zero-order valence-corrected chi connectivity index (χ0v) is 20.1. The minimum Gasteiger partial charge on any atom is -0.508 e. The highest BCUT2D eigenvalue weighted by atomic mass is 16.4. The van der Waals surface area contributed by atoms with Crippen LogP contribution in [0.2, 0.25) is 0 Å². The van der Waals surface area contributed by atoms with Crippen LogP contribution in [0.1, 0.15) is 51.2 Å². The number of hydrogen-bond acceptors (Lipinski definition) is 6. The molecule has 0 spiro atoms. The van der Waals surface area contributed by atoms with Crippen LogP contribution in [0.4, 0.5) is 0 Å². The van der Waals surface area contributed by atoms with E-state index < -0.39 is 12.1 Å². The fraction of sp³-hybridized carbons (Fsp3) is 0.286. The van der Waals surface area contributed by atoms with Gasteiger partial charge in [0.15, 0.2) is 0 Å². The summed E-state index contributed by atoms with van der Waals surface area (Å²) in [5, 5.41) is 44.6. The normalized spacial score (nSPS) is 12.6. The summed E-state index contributed by atoms with van der Waals surface area (Å²) in [7, 11) is 0. The van der Waals surface area contributed by atoms with E-state index >= 15 is 0 Å². The number of carbonyl (C=O) groups is 2. The van der Waals surface area contributed by atoms with Crippen LogP contribution in [0, 0.1) is 0 Å². The molecule has 0 bridgehead atoms. The fourth-order valence-corrected chi connectivity index (χ4v) is 3.88.